The minimum absolute atomic E-state index is 0.324. The van der Waals surface area contributed by atoms with Gasteiger partial charge in [0.1, 0.15) is 5.60 Å². The van der Waals surface area contributed by atoms with Crippen LogP contribution in [0.3, 0.4) is 0 Å². The highest BCUT2D eigenvalue weighted by Gasteiger charge is 2.18. The SMILES string of the molecule is CC(C)CCCCNCC(CNC(=O)OC(C)(C)C)C(C)C. The molecule has 22 heavy (non-hydrogen) atoms. The number of hydrogen-bond acceptors (Lipinski definition) is 3. The van der Waals surface area contributed by atoms with Crippen molar-refractivity contribution in [2.75, 3.05) is 19.6 Å². The standard InChI is InChI=1S/C18H38N2O2/c1-14(2)10-8-9-11-19-12-16(15(3)4)13-20-17(21)22-18(5,6)7/h14-16,19H,8-13H2,1-7H3,(H,20,21). The van der Waals surface area contributed by atoms with Crippen molar-refractivity contribution in [2.45, 2.75) is 73.3 Å². The maximum absolute atomic E-state index is 11.7. The van der Waals surface area contributed by atoms with Crippen molar-refractivity contribution in [1.82, 2.24) is 10.6 Å². The van der Waals surface area contributed by atoms with Crippen molar-refractivity contribution in [3.63, 3.8) is 0 Å². The van der Waals surface area contributed by atoms with Crippen LogP contribution in [0.5, 0.6) is 0 Å². The number of carbonyl (C=O) groups is 1. The van der Waals surface area contributed by atoms with Crippen molar-refractivity contribution in [2.24, 2.45) is 17.8 Å². The Kier molecular flexibility index (Phi) is 10.5. The third-order valence-corrected chi connectivity index (χ3v) is 3.64. The molecule has 0 fully saturated rings. The molecule has 4 nitrogen and oxygen atoms in total. The number of ether oxygens (including phenoxy) is 1. The first-order chi connectivity index (χ1) is 10.1. The Labute approximate surface area is 137 Å². The van der Waals surface area contributed by atoms with Gasteiger partial charge in [0, 0.05) is 6.54 Å². The number of rotatable bonds is 10. The summed E-state index contributed by atoms with van der Waals surface area (Å²) in [7, 11) is 0. The molecule has 2 N–H and O–H groups in total. The van der Waals surface area contributed by atoms with Crippen molar-refractivity contribution in [3.05, 3.63) is 0 Å². The first-order valence-corrected chi connectivity index (χ1v) is 8.79. The molecule has 0 rings (SSSR count). The molecule has 0 saturated heterocycles. The lowest BCUT2D eigenvalue weighted by atomic mass is 9.95. The fraction of sp³-hybridized carbons (Fsp3) is 0.944. The molecule has 0 aliphatic heterocycles. The summed E-state index contributed by atoms with van der Waals surface area (Å²) in [5.74, 6) is 1.75. The molecule has 0 saturated carbocycles. The van der Waals surface area contributed by atoms with Crippen molar-refractivity contribution < 1.29 is 9.53 Å². The van der Waals surface area contributed by atoms with Gasteiger partial charge >= 0.3 is 6.09 Å². The zero-order chi connectivity index (χ0) is 17.2. The van der Waals surface area contributed by atoms with Crippen LogP contribution in [0.2, 0.25) is 0 Å². The highest BCUT2D eigenvalue weighted by Crippen LogP contribution is 2.11. The summed E-state index contributed by atoms with van der Waals surface area (Å²) in [6.45, 7) is 17.2. The van der Waals surface area contributed by atoms with Gasteiger partial charge in [0.25, 0.3) is 0 Å². The normalized spacial score (nSPS) is 13.5. The van der Waals surface area contributed by atoms with E-state index in [0.717, 1.165) is 19.0 Å². The van der Waals surface area contributed by atoms with E-state index in [0.29, 0.717) is 18.4 Å². The quantitative estimate of drug-likeness (QED) is 0.594. The van der Waals surface area contributed by atoms with Gasteiger partial charge in [-0.15, -0.1) is 0 Å². The second kappa shape index (κ2) is 10.9. The van der Waals surface area contributed by atoms with E-state index >= 15 is 0 Å². The number of hydrogen-bond donors (Lipinski definition) is 2. The molecule has 0 aromatic carbocycles. The van der Waals surface area contributed by atoms with E-state index in [4.69, 9.17) is 4.74 Å². The summed E-state index contributed by atoms with van der Waals surface area (Å²) in [5.41, 5.74) is -0.438. The maximum Gasteiger partial charge on any atom is 0.407 e. The largest absolute Gasteiger partial charge is 0.444 e. The molecule has 1 atom stereocenters. The van der Waals surface area contributed by atoms with E-state index < -0.39 is 5.60 Å². The maximum atomic E-state index is 11.7. The molecule has 0 aromatic heterocycles. The molecule has 0 aromatic rings. The number of nitrogens with one attached hydrogen (secondary N) is 2. The summed E-state index contributed by atoms with van der Waals surface area (Å²) in [4.78, 5) is 11.7. The zero-order valence-corrected chi connectivity index (χ0v) is 15.8. The van der Waals surface area contributed by atoms with E-state index in [2.05, 4.69) is 38.3 Å². The van der Waals surface area contributed by atoms with Crippen molar-refractivity contribution in [1.29, 1.82) is 0 Å². The third kappa shape index (κ3) is 12.9. The van der Waals surface area contributed by atoms with Crippen LogP contribution in [0.25, 0.3) is 0 Å². The first kappa shape index (κ1) is 21.2. The van der Waals surface area contributed by atoms with Crippen LogP contribution < -0.4 is 10.6 Å². The molecule has 0 aliphatic carbocycles. The lowest BCUT2D eigenvalue weighted by Gasteiger charge is -2.24. The molecular formula is C18H38N2O2. The number of unbranched alkanes of at least 4 members (excludes halogenated alkanes) is 1. The van der Waals surface area contributed by atoms with Crippen LogP contribution in [0.1, 0.15) is 67.7 Å². The van der Waals surface area contributed by atoms with Crippen LogP contribution in [-0.4, -0.2) is 31.3 Å². The predicted molar refractivity (Wildman–Crippen MR) is 94.1 cm³/mol. The summed E-state index contributed by atoms with van der Waals surface area (Å²) in [6, 6.07) is 0. The molecule has 0 bridgehead atoms. The van der Waals surface area contributed by atoms with Crippen LogP contribution in [-0.2, 0) is 4.74 Å². The first-order valence-electron chi connectivity index (χ1n) is 8.79. The predicted octanol–water partition coefficient (Wildman–Crippen LogP) is 4.20. The lowest BCUT2D eigenvalue weighted by molar-refractivity contribution is 0.0515. The minimum atomic E-state index is -0.438. The fourth-order valence-corrected chi connectivity index (χ4v) is 2.16. The van der Waals surface area contributed by atoms with E-state index in [1.54, 1.807) is 0 Å². The third-order valence-electron chi connectivity index (χ3n) is 3.64. The molecule has 1 amide bonds. The highest BCUT2D eigenvalue weighted by molar-refractivity contribution is 5.67. The van der Waals surface area contributed by atoms with E-state index in [1.807, 2.05) is 20.8 Å². The average molecular weight is 315 g/mol. The number of alkyl carbamates (subject to hydrolysis) is 1. The van der Waals surface area contributed by atoms with Crippen LogP contribution in [0.4, 0.5) is 4.79 Å². The number of amides is 1. The Bertz CT molecular complexity index is 296. The van der Waals surface area contributed by atoms with Gasteiger partial charge in [-0.25, -0.2) is 4.79 Å². The van der Waals surface area contributed by atoms with Gasteiger partial charge in [-0.2, -0.15) is 0 Å². The highest BCUT2D eigenvalue weighted by atomic mass is 16.6. The fourth-order valence-electron chi connectivity index (χ4n) is 2.16. The second-order valence-corrected chi connectivity index (χ2v) is 7.98. The van der Waals surface area contributed by atoms with Gasteiger partial charge < -0.3 is 15.4 Å². The van der Waals surface area contributed by atoms with Gasteiger partial charge in [-0.3, -0.25) is 0 Å². The Balaban J connectivity index is 3.90. The molecule has 0 spiro atoms. The Morgan fingerprint density at radius 1 is 1.05 bits per heavy atom. The summed E-state index contributed by atoms with van der Waals surface area (Å²) in [5, 5.41) is 6.41. The van der Waals surface area contributed by atoms with Crippen LogP contribution in [0.15, 0.2) is 0 Å². The molecule has 132 valence electrons. The molecular weight excluding hydrogens is 276 g/mol. The Morgan fingerprint density at radius 2 is 1.68 bits per heavy atom. The average Bonchev–Trinajstić information content (AvgIpc) is 2.33. The molecule has 0 heterocycles. The Morgan fingerprint density at radius 3 is 2.18 bits per heavy atom. The monoisotopic (exact) mass is 314 g/mol. The topological polar surface area (TPSA) is 50.4 Å². The van der Waals surface area contributed by atoms with E-state index in [-0.39, 0.29) is 6.09 Å². The van der Waals surface area contributed by atoms with Gasteiger partial charge in [0.15, 0.2) is 0 Å². The number of carbonyl (C=O) groups excluding carboxylic acids is 1. The minimum Gasteiger partial charge on any atom is -0.444 e. The van der Waals surface area contributed by atoms with Crippen molar-refractivity contribution in [3.8, 4) is 0 Å². The van der Waals surface area contributed by atoms with Crippen LogP contribution in [0, 0.1) is 17.8 Å². The molecule has 1 unspecified atom stereocenters. The smallest absolute Gasteiger partial charge is 0.407 e. The van der Waals surface area contributed by atoms with E-state index in [1.165, 1.54) is 19.3 Å². The van der Waals surface area contributed by atoms with Gasteiger partial charge in [0.05, 0.1) is 0 Å². The summed E-state index contributed by atoms with van der Waals surface area (Å²) >= 11 is 0. The summed E-state index contributed by atoms with van der Waals surface area (Å²) < 4.78 is 5.28. The molecule has 0 radical (unpaired) electrons. The second-order valence-electron chi connectivity index (χ2n) is 7.98. The van der Waals surface area contributed by atoms with Crippen LogP contribution >= 0.6 is 0 Å². The van der Waals surface area contributed by atoms with Gasteiger partial charge in [0.2, 0.25) is 0 Å². The Hall–Kier alpha value is -0.770. The molecule has 4 heteroatoms. The van der Waals surface area contributed by atoms with Gasteiger partial charge in [-0.05, 0) is 58.0 Å². The summed E-state index contributed by atoms with van der Waals surface area (Å²) in [6.07, 6.45) is 3.49. The zero-order valence-electron chi connectivity index (χ0n) is 15.8. The molecule has 0 aliphatic rings. The van der Waals surface area contributed by atoms with E-state index in [9.17, 15) is 4.79 Å². The van der Waals surface area contributed by atoms with Gasteiger partial charge in [-0.1, -0.05) is 40.5 Å². The van der Waals surface area contributed by atoms with Crippen molar-refractivity contribution >= 4 is 6.09 Å². The lowest BCUT2D eigenvalue weighted by Crippen LogP contribution is -2.39.